The largest absolute Gasteiger partial charge is 0.365 e. The van der Waals surface area contributed by atoms with Crippen LogP contribution in [0.25, 0.3) is 0 Å². The van der Waals surface area contributed by atoms with Crippen LogP contribution in [0.1, 0.15) is 27.2 Å². The van der Waals surface area contributed by atoms with E-state index in [1.165, 1.54) is 0 Å². The average molecular weight is 249 g/mol. The summed E-state index contributed by atoms with van der Waals surface area (Å²) in [5.74, 6) is 1.91. The topological polar surface area (TPSA) is 53.1 Å². The van der Waals surface area contributed by atoms with Crippen LogP contribution in [0.3, 0.4) is 0 Å². The number of anilines is 2. The maximum Gasteiger partial charge on any atom is 0.134 e. The zero-order valence-corrected chi connectivity index (χ0v) is 11.5. The number of aromatic nitrogens is 2. The first-order valence-electron chi connectivity index (χ1n) is 6.60. The lowest BCUT2D eigenvalue weighted by Gasteiger charge is -2.24. The van der Waals surface area contributed by atoms with E-state index in [4.69, 9.17) is 0 Å². The number of hydrogen-bond acceptors (Lipinski definition) is 5. The van der Waals surface area contributed by atoms with E-state index in [0.717, 1.165) is 44.2 Å². The molecule has 0 saturated carbocycles. The van der Waals surface area contributed by atoms with Gasteiger partial charge in [0.25, 0.3) is 0 Å². The van der Waals surface area contributed by atoms with Gasteiger partial charge in [-0.25, -0.2) is 9.97 Å². The highest BCUT2D eigenvalue weighted by atomic mass is 15.2. The average Bonchev–Trinajstić information content (AvgIpc) is 2.55. The Morgan fingerprint density at radius 3 is 2.83 bits per heavy atom. The predicted molar refractivity (Wildman–Crippen MR) is 75.1 cm³/mol. The number of rotatable bonds is 2. The Labute approximate surface area is 109 Å². The smallest absolute Gasteiger partial charge is 0.134 e. The van der Waals surface area contributed by atoms with Crippen molar-refractivity contribution in [2.24, 2.45) is 0 Å². The molecule has 0 aromatic carbocycles. The second kappa shape index (κ2) is 5.52. The summed E-state index contributed by atoms with van der Waals surface area (Å²) in [5.41, 5.74) is 0.0198. The van der Waals surface area contributed by atoms with Gasteiger partial charge in [0, 0.05) is 31.2 Å². The SMILES string of the molecule is CC(C)(C)Nc1cc(N2CCCNCC2)ncn1. The number of hydrogen-bond donors (Lipinski definition) is 2. The van der Waals surface area contributed by atoms with Crippen molar-refractivity contribution in [2.45, 2.75) is 32.7 Å². The molecule has 2 rings (SSSR count). The van der Waals surface area contributed by atoms with Crippen molar-refractivity contribution in [1.29, 1.82) is 0 Å². The molecule has 1 aliphatic rings. The van der Waals surface area contributed by atoms with Crippen LogP contribution in [-0.2, 0) is 0 Å². The van der Waals surface area contributed by atoms with Gasteiger partial charge in [0.15, 0.2) is 0 Å². The molecule has 0 spiro atoms. The molecule has 0 unspecified atom stereocenters. The normalized spacial score (nSPS) is 17.4. The molecule has 0 radical (unpaired) electrons. The molecule has 1 saturated heterocycles. The van der Waals surface area contributed by atoms with Gasteiger partial charge in [0.05, 0.1) is 0 Å². The van der Waals surface area contributed by atoms with E-state index in [1.807, 2.05) is 6.07 Å². The van der Waals surface area contributed by atoms with Crippen LogP contribution in [0.5, 0.6) is 0 Å². The van der Waals surface area contributed by atoms with Crippen LogP contribution in [0.15, 0.2) is 12.4 Å². The van der Waals surface area contributed by atoms with Gasteiger partial charge in [-0.1, -0.05) is 0 Å². The van der Waals surface area contributed by atoms with Gasteiger partial charge in [-0.15, -0.1) is 0 Å². The molecule has 5 nitrogen and oxygen atoms in total. The van der Waals surface area contributed by atoms with Gasteiger partial charge in [-0.05, 0) is 33.7 Å². The third kappa shape index (κ3) is 3.84. The molecule has 0 aliphatic carbocycles. The molecule has 2 heterocycles. The summed E-state index contributed by atoms with van der Waals surface area (Å²) in [4.78, 5) is 11.0. The minimum Gasteiger partial charge on any atom is -0.365 e. The lowest BCUT2D eigenvalue weighted by atomic mass is 10.1. The monoisotopic (exact) mass is 249 g/mol. The highest BCUT2D eigenvalue weighted by Crippen LogP contribution is 2.17. The van der Waals surface area contributed by atoms with Crippen LogP contribution in [-0.4, -0.2) is 41.7 Å². The summed E-state index contributed by atoms with van der Waals surface area (Å²) in [5, 5.41) is 6.78. The molecule has 2 N–H and O–H groups in total. The fourth-order valence-electron chi connectivity index (χ4n) is 2.05. The Balaban J connectivity index is 2.10. The van der Waals surface area contributed by atoms with Gasteiger partial charge in [0.2, 0.25) is 0 Å². The van der Waals surface area contributed by atoms with E-state index in [0.29, 0.717) is 0 Å². The summed E-state index contributed by atoms with van der Waals surface area (Å²) < 4.78 is 0. The van der Waals surface area contributed by atoms with Crippen LogP contribution >= 0.6 is 0 Å². The highest BCUT2D eigenvalue weighted by molar-refractivity contribution is 5.49. The minimum atomic E-state index is 0.0198. The molecule has 1 aliphatic heterocycles. The van der Waals surface area contributed by atoms with Crippen molar-refractivity contribution in [2.75, 3.05) is 36.4 Å². The summed E-state index contributed by atoms with van der Waals surface area (Å²) >= 11 is 0. The van der Waals surface area contributed by atoms with Crippen molar-refractivity contribution in [3.05, 3.63) is 12.4 Å². The number of nitrogens with zero attached hydrogens (tertiary/aromatic N) is 3. The summed E-state index contributed by atoms with van der Waals surface area (Å²) in [7, 11) is 0. The fourth-order valence-corrected chi connectivity index (χ4v) is 2.05. The number of nitrogens with one attached hydrogen (secondary N) is 2. The Bertz CT molecular complexity index is 377. The van der Waals surface area contributed by atoms with Gasteiger partial charge >= 0.3 is 0 Å². The van der Waals surface area contributed by atoms with Crippen LogP contribution in [0, 0.1) is 0 Å². The second-order valence-electron chi connectivity index (χ2n) is 5.73. The molecule has 0 amide bonds. The summed E-state index contributed by atoms with van der Waals surface area (Å²) in [6.07, 6.45) is 2.80. The van der Waals surface area contributed by atoms with Crippen molar-refractivity contribution in [3.63, 3.8) is 0 Å². The van der Waals surface area contributed by atoms with Gasteiger partial charge in [-0.2, -0.15) is 0 Å². The van der Waals surface area contributed by atoms with Gasteiger partial charge in [-0.3, -0.25) is 0 Å². The van der Waals surface area contributed by atoms with E-state index < -0.39 is 0 Å². The summed E-state index contributed by atoms with van der Waals surface area (Å²) in [6, 6.07) is 2.04. The minimum absolute atomic E-state index is 0.0198. The van der Waals surface area contributed by atoms with Crippen LogP contribution in [0.4, 0.5) is 11.6 Å². The standard InChI is InChI=1S/C13H23N5/c1-13(2,3)17-11-9-12(16-10-15-11)18-7-4-5-14-6-8-18/h9-10,14H,4-8H2,1-3H3,(H,15,16,17). The lowest BCUT2D eigenvalue weighted by Crippen LogP contribution is -2.30. The second-order valence-corrected chi connectivity index (χ2v) is 5.73. The van der Waals surface area contributed by atoms with E-state index in [9.17, 15) is 0 Å². The fraction of sp³-hybridized carbons (Fsp3) is 0.692. The molecule has 5 heteroatoms. The molecule has 1 fully saturated rings. The zero-order chi connectivity index (χ0) is 13.0. The first kappa shape index (κ1) is 13.1. The lowest BCUT2D eigenvalue weighted by molar-refractivity contribution is 0.629. The quantitative estimate of drug-likeness (QED) is 0.831. The first-order chi connectivity index (χ1) is 8.54. The maximum atomic E-state index is 4.38. The molecular formula is C13H23N5. The van der Waals surface area contributed by atoms with Crippen molar-refractivity contribution in [1.82, 2.24) is 15.3 Å². The highest BCUT2D eigenvalue weighted by Gasteiger charge is 2.14. The van der Waals surface area contributed by atoms with E-state index in [1.54, 1.807) is 6.33 Å². The molecule has 1 aromatic heterocycles. The van der Waals surface area contributed by atoms with E-state index in [-0.39, 0.29) is 5.54 Å². The van der Waals surface area contributed by atoms with Gasteiger partial charge in [0.1, 0.15) is 18.0 Å². The predicted octanol–water partition coefficient (Wildman–Crippen LogP) is 1.49. The Kier molecular flexibility index (Phi) is 4.01. The third-order valence-electron chi connectivity index (χ3n) is 2.82. The van der Waals surface area contributed by atoms with Crippen LogP contribution in [0.2, 0.25) is 0 Å². The van der Waals surface area contributed by atoms with Crippen molar-refractivity contribution >= 4 is 11.6 Å². The Morgan fingerprint density at radius 2 is 2.06 bits per heavy atom. The first-order valence-corrected chi connectivity index (χ1v) is 6.60. The van der Waals surface area contributed by atoms with Crippen molar-refractivity contribution in [3.8, 4) is 0 Å². The third-order valence-corrected chi connectivity index (χ3v) is 2.82. The molecule has 0 bridgehead atoms. The Hall–Kier alpha value is -1.36. The molecular weight excluding hydrogens is 226 g/mol. The molecule has 18 heavy (non-hydrogen) atoms. The molecule has 1 aromatic rings. The zero-order valence-electron chi connectivity index (χ0n) is 11.5. The Morgan fingerprint density at radius 1 is 1.22 bits per heavy atom. The summed E-state index contributed by atoms with van der Waals surface area (Å²) in [6.45, 7) is 10.6. The van der Waals surface area contributed by atoms with Crippen LogP contribution < -0.4 is 15.5 Å². The van der Waals surface area contributed by atoms with E-state index in [2.05, 4.69) is 46.3 Å². The van der Waals surface area contributed by atoms with Gasteiger partial charge < -0.3 is 15.5 Å². The maximum absolute atomic E-state index is 4.38. The molecule has 100 valence electrons. The van der Waals surface area contributed by atoms with Crippen molar-refractivity contribution < 1.29 is 0 Å². The molecule has 0 atom stereocenters. The van der Waals surface area contributed by atoms with E-state index >= 15 is 0 Å².